The first-order valence-electron chi connectivity index (χ1n) is 5.57. The van der Waals surface area contributed by atoms with E-state index in [-0.39, 0.29) is 12.0 Å². The monoisotopic (exact) mass is 220 g/mol. The van der Waals surface area contributed by atoms with Crippen LogP contribution in [-0.4, -0.2) is 40.1 Å². The maximum Gasteiger partial charge on any atom is 0.255 e. The summed E-state index contributed by atoms with van der Waals surface area (Å²) in [6, 6.07) is 3.55. The van der Waals surface area contributed by atoms with Gasteiger partial charge in [-0.2, -0.15) is 0 Å². The van der Waals surface area contributed by atoms with Gasteiger partial charge in [-0.25, -0.2) is 0 Å². The summed E-state index contributed by atoms with van der Waals surface area (Å²) in [5.74, 6) is -0.0237. The van der Waals surface area contributed by atoms with Gasteiger partial charge in [0.15, 0.2) is 0 Å². The third kappa shape index (κ3) is 2.22. The molecular weight excluding hydrogens is 204 g/mol. The number of pyridine rings is 1. The largest absolute Gasteiger partial charge is 0.391 e. The Morgan fingerprint density at radius 2 is 2.44 bits per heavy atom. The van der Waals surface area contributed by atoms with Gasteiger partial charge in [-0.1, -0.05) is 0 Å². The van der Waals surface area contributed by atoms with Crippen LogP contribution in [0.3, 0.4) is 0 Å². The Morgan fingerprint density at radius 3 is 3.12 bits per heavy atom. The molecule has 0 spiro atoms. The Bertz CT molecular complexity index is 392. The number of rotatable bonds is 1. The molecule has 1 aromatic heterocycles. The smallest absolute Gasteiger partial charge is 0.255 e. The lowest BCUT2D eigenvalue weighted by atomic mass is 10.1. The van der Waals surface area contributed by atoms with Gasteiger partial charge in [0.1, 0.15) is 0 Å². The van der Waals surface area contributed by atoms with Gasteiger partial charge in [-0.05, 0) is 31.9 Å². The van der Waals surface area contributed by atoms with Gasteiger partial charge in [0.25, 0.3) is 5.91 Å². The van der Waals surface area contributed by atoms with Crippen molar-refractivity contribution in [3.8, 4) is 0 Å². The van der Waals surface area contributed by atoms with Crippen molar-refractivity contribution in [2.24, 2.45) is 0 Å². The van der Waals surface area contributed by atoms with Crippen molar-refractivity contribution >= 4 is 5.91 Å². The number of carbonyl (C=O) groups is 1. The van der Waals surface area contributed by atoms with Crippen LogP contribution in [0.1, 0.15) is 28.9 Å². The Hall–Kier alpha value is -1.42. The zero-order valence-electron chi connectivity index (χ0n) is 9.39. The molecule has 16 heavy (non-hydrogen) atoms. The molecule has 0 saturated carbocycles. The summed E-state index contributed by atoms with van der Waals surface area (Å²) >= 11 is 0. The van der Waals surface area contributed by atoms with Crippen LogP contribution in [0, 0.1) is 6.92 Å². The first-order valence-corrected chi connectivity index (χ1v) is 5.57. The van der Waals surface area contributed by atoms with Crippen molar-refractivity contribution in [1.82, 2.24) is 9.88 Å². The van der Waals surface area contributed by atoms with Gasteiger partial charge >= 0.3 is 0 Å². The van der Waals surface area contributed by atoms with Crippen molar-refractivity contribution in [2.45, 2.75) is 25.9 Å². The summed E-state index contributed by atoms with van der Waals surface area (Å²) < 4.78 is 0. The Morgan fingerprint density at radius 1 is 1.62 bits per heavy atom. The van der Waals surface area contributed by atoms with Gasteiger partial charge in [0.05, 0.1) is 11.7 Å². The molecule has 2 heterocycles. The van der Waals surface area contributed by atoms with Gasteiger partial charge in [-0.3, -0.25) is 9.78 Å². The molecule has 0 aliphatic carbocycles. The zero-order chi connectivity index (χ0) is 11.5. The average molecular weight is 220 g/mol. The molecule has 0 radical (unpaired) electrons. The van der Waals surface area contributed by atoms with E-state index < -0.39 is 0 Å². The maximum atomic E-state index is 12.1. The lowest BCUT2D eigenvalue weighted by Crippen LogP contribution is -2.42. The highest BCUT2D eigenvalue weighted by atomic mass is 16.3. The SMILES string of the molecule is Cc1ncccc1C(=O)N1CCC[C@H](O)C1. The second-order valence-corrected chi connectivity index (χ2v) is 4.18. The van der Waals surface area contributed by atoms with Crippen LogP contribution in [-0.2, 0) is 0 Å². The van der Waals surface area contributed by atoms with Crippen LogP contribution >= 0.6 is 0 Å². The van der Waals surface area contributed by atoms with Crippen LogP contribution < -0.4 is 0 Å². The van der Waals surface area contributed by atoms with E-state index in [9.17, 15) is 9.90 Å². The summed E-state index contributed by atoms with van der Waals surface area (Å²) in [4.78, 5) is 18.0. The summed E-state index contributed by atoms with van der Waals surface area (Å²) in [5, 5.41) is 9.54. The molecule has 86 valence electrons. The normalized spacial score (nSPS) is 20.9. The number of amides is 1. The minimum Gasteiger partial charge on any atom is -0.391 e. The van der Waals surface area contributed by atoms with Crippen LogP contribution in [0.15, 0.2) is 18.3 Å². The first-order chi connectivity index (χ1) is 7.68. The number of carbonyl (C=O) groups excluding carboxylic acids is 1. The highest BCUT2D eigenvalue weighted by Crippen LogP contribution is 2.14. The fourth-order valence-corrected chi connectivity index (χ4v) is 2.02. The second-order valence-electron chi connectivity index (χ2n) is 4.18. The number of hydrogen-bond acceptors (Lipinski definition) is 3. The third-order valence-electron chi connectivity index (χ3n) is 2.92. The predicted molar refractivity (Wildman–Crippen MR) is 60.1 cm³/mol. The maximum absolute atomic E-state index is 12.1. The van der Waals surface area contributed by atoms with E-state index >= 15 is 0 Å². The molecule has 1 amide bonds. The number of aromatic nitrogens is 1. The van der Waals surface area contributed by atoms with Crippen molar-refractivity contribution < 1.29 is 9.90 Å². The van der Waals surface area contributed by atoms with Crippen LogP contribution in [0.5, 0.6) is 0 Å². The fraction of sp³-hybridized carbons (Fsp3) is 0.500. The van der Waals surface area contributed by atoms with Gasteiger partial charge in [0, 0.05) is 25.0 Å². The lowest BCUT2D eigenvalue weighted by molar-refractivity contribution is 0.0472. The van der Waals surface area contributed by atoms with Crippen LogP contribution in [0.2, 0.25) is 0 Å². The number of aryl methyl sites for hydroxylation is 1. The molecule has 0 aromatic carbocycles. The fourth-order valence-electron chi connectivity index (χ4n) is 2.02. The Balaban J connectivity index is 2.16. The minimum absolute atomic E-state index is 0.0237. The molecule has 4 nitrogen and oxygen atoms in total. The van der Waals surface area contributed by atoms with Crippen LogP contribution in [0.4, 0.5) is 0 Å². The predicted octanol–water partition coefficient (Wildman–Crippen LogP) is 0.987. The quantitative estimate of drug-likeness (QED) is 0.767. The number of aliphatic hydroxyl groups is 1. The van der Waals surface area contributed by atoms with Gasteiger partial charge in [0.2, 0.25) is 0 Å². The summed E-state index contributed by atoms with van der Waals surface area (Å²) in [6.07, 6.45) is 2.95. The molecule has 2 rings (SSSR count). The van der Waals surface area contributed by atoms with Crippen molar-refractivity contribution in [3.05, 3.63) is 29.6 Å². The second kappa shape index (κ2) is 4.61. The molecule has 1 aliphatic rings. The molecular formula is C12H16N2O2. The Kier molecular flexibility index (Phi) is 3.19. The molecule has 1 atom stereocenters. The van der Waals surface area contributed by atoms with E-state index in [0.717, 1.165) is 25.1 Å². The van der Waals surface area contributed by atoms with Gasteiger partial charge < -0.3 is 10.0 Å². The molecule has 4 heteroatoms. The average Bonchev–Trinajstić information content (AvgIpc) is 2.29. The molecule has 1 N–H and O–H groups in total. The summed E-state index contributed by atoms with van der Waals surface area (Å²) in [6.45, 7) is 2.99. The van der Waals surface area contributed by atoms with Crippen molar-refractivity contribution in [2.75, 3.05) is 13.1 Å². The molecule has 0 bridgehead atoms. The van der Waals surface area contributed by atoms with E-state index in [1.54, 1.807) is 23.2 Å². The number of aliphatic hydroxyl groups excluding tert-OH is 1. The van der Waals surface area contributed by atoms with E-state index in [1.807, 2.05) is 6.92 Å². The van der Waals surface area contributed by atoms with Crippen molar-refractivity contribution in [1.29, 1.82) is 0 Å². The number of β-amino-alcohol motifs (C(OH)–C–C–N with tert-alkyl or cyclic N) is 1. The third-order valence-corrected chi connectivity index (χ3v) is 2.92. The van der Waals surface area contributed by atoms with E-state index in [4.69, 9.17) is 0 Å². The van der Waals surface area contributed by atoms with E-state index in [2.05, 4.69) is 4.98 Å². The Labute approximate surface area is 94.9 Å². The highest BCUT2D eigenvalue weighted by molar-refractivity contribution is 5.95. The van der Waals surface area contributed by atoms with Gasteiger partial charge in [-0.15, -0.1) is 0 Å². The highest BCUT2D eigenvalue weighted by Gasteiger charge is 2.23. The first kappa shape index (κ1) is 11.1. The molecule has 1 aromatic rings. The number of hydrogen-bond donors (Lipinski definition) is 1. The zero-order valence-corrected chi connectivity index (χ0v) is 9.39. The summed E-state index contributed by atoms with van der Waals surface area (Å²) in [5.41, 5.74) is 1.38. The minimum atomic E-state index is -0.380. The topological polar surface area (TPSA) is 53.4 Å². The molecule has 1 saturated heterocycles. The standard InChI is InChI=1S/C12H16N2O2/c1-9-11(5-2-6-13-9)12(16)14-7-3-4-10(15)8-14/h2,5-6,10,15H,3-4,7-8H2,1H3/t10-/m0/s1. The lowest BCUT2D eigenvalue weighted by Gasteiger charge is -2.30. The molecule has 0 unspecified atom stereocenters. The van der Waals surface area contributed by atoms with Crippen molar-refractivity contribution in [3.63, 3.8) is 0 Å². The number of nitrogens with zero attached hydrogens (tertiary/aromatic N) is 2. The number of piperidine rings is 1. The molecule has 1 fully saturated rings. The van der Waals surface area contributed by atoms with E-state index in [0.29, 0.717) is 12.1 Å². The van der Waals surface area contributed by atoms with Crippen LogP contribution in [0.25, 0.3) is 0 Å². The van der Waals surface area contributed by atoms with E-state index in [1.165, 1.54) is 0 Å². The molecule has 1 aliphatic heterocycles. The summed E-state index contributed by atoms with van der Waals surface area (Å²) in [7, 11) is 0. The number of likely N-dealkylation sites (tertiary alicyclic amines) is 1.